The summed E-state index contributed by atoms with van der Waals surface area (Å²) in [7, 11) is 3.12. The van der Waals surface area contributed by atoms with Crippen molar-refractivity contribution in [1.29, 1.82) is 0 Å². The SMILES string of the molecule is COc1cccc(-c2nn(-c3ccc(C)cc3)cc2C(=O)NCC(=O)Nc2cc(C)ccc2OC)c1. The number of benzene rings is 3. The summed E-state index contributed by atoms with van der Waals surface area (Å²) >= 11 is 0. The quantitative estimate of drug-likeness (QED) is 0.383. The van der Waals surface area contributed by atoms with Crippen LogP contribution >= 0.6 is 0 Å². The molecule has 0 radical (unpaired) electrons. The molecule has 0 aliphatic heterocycles. The van der Waals surface area contributed by atoms with Crippen molar-refractivity contribution in [1.82, 2.24) is 15.1 Å². The molecule has 0 aliphatic rings. The number of aryl methyl sites for hydroxylation is 2. The van der Waals surface area contributed by atoms with Crippen molar-refractivity contribution in [2.24, 2.45) is 0 Å². The zero-order valence-corrected chi connectivity index (χ0v) is 20.7. The van der Waals surface area contributed by atoms with E-state index in [1.807, 2.05) is 74.5 Å². The number of amides is 2. The number of nitrogens with one attached hydrogen (secondary N) is 2. The Morgan fingerprint density at radius 1 is 0.917 bits per heavy atom. The second-order valence-electron chi connectivity index (χ2n) is 8.34. The normalized spacial score (nSPS) is 10.6. The summed E-state index contributed by atoms with van der Waals surface area (Å²) in [5, 5.41) is 10.2. The number of ether oxygens (including phenoxy) is 2. The molecule has 0 saturated carbocycles. The number of rotatable bonds is 8. The van der Waals surface area contributed by atoms with Crippen LogP contribution in [0.4, 0.5) is 5.69 Å². The molecular formula is C28H28N4O4. The van der Waals surface area contributed by atoms with Gasteiger partial charge in [-0.15, -0.1) is 0 Å². The van der Waals surface area contributed by atoms with E-state index in [2.05, 4.69) is 15.7 Å². The van der Waals surface area contributed by atoms with E-state index >= 15 is 0 Å². The fraction of sp³-hybridized carbons (Fsp3) is 0.179. The zero-order valence-electron chi connectivity index (χ0n) is 20.7. The number of nitrogens with zero attached hydrogens (tertiary/aromatic N) is 2. The molecule has 1 aromatic heterocycles. The van der Waals surface area contributed by atoms with E-state index in [4.69, 9.17) is 9.47 Å². The summed E-state index contributed by atoms with van der Waals surface area (Å²) < 4.78 is 12.3. The summed E-state index contributed by atoms with van der Waals surface area (Å²) in [6, 6.07) is 20.6. The average molecular weight is 485 g/mol. The van der Waals surface area contributed by atoms with Crippen LogP contribution in [-0.4, -0.2) is 42.4 Å². The van der Waals surface area contributed by atoms with Crippen molar-refractivity contribution in [3.63, 3.8) is 0 Å². The van der Waals surface area contributed by atoms with Crippen LogP contribution in [-0.2, 0) is 4.79 Å². The molecule has 4 aromatic rings. The number of aromatic nitrogens is 2. The summed E-state index contributed by atoms with van der Waals surface area (Å²) in [6.45, 7) is 3.71. The van der Waals surface area contributed by atoms with Crippen LogP contribution in [0, 0.1) is 13.8 Å². The monoisotopic (exact) mass is 484 g/mol. The Labute approximate surface area is 209 Å². The van der Waals surface area contributed by atoms with Gasteiger partial charge in [-0.3, -0.25) is 9.59 Å². The fourth-order valence-electron chi connectivity index (χ4n) is 3.72. The van der Waals surface area contributed by atoms with Crippen LogP contribution in [0.15, 0.2) is 72.9 Å². The number of carbonyl (C=O) groups excluding carboxylic acids is 2. The molecule has 2 N–H and O–H groups in total. The lowest BCUT2D eigenvalue weighted by Crippen LogP contribution is -2.33. The van der Waals surface area contributed by atoms with Gasteiger partial charge in [-0.05, 0) is 55.8 Å². The lowest BCUT2D eigenvalue weighted by Gasteiger charge is -2.11. The number of hydrogen-bond donors (Lipinski definition) is 2. The second kappa shape index (κ2) is 10.8. The van der Waals surface area contributed by atoms with Gasteiger partial charge in [-0.1, -0.05) is 35.9 Å². The van der Waals surface area contributed by atoms with Gasteiger partial charge in [0.05, 0.1) is 37.7 Å². The molecule has 8 heteroatoms. The summed E-state index contributed by atoms with van der Waals surface area (Å²) in [6.07, 6.45) is 1.66. The maximum absolute atomic E-state index is 13.2. The molecule has 1 heterocycles. The standard InChI is InChI=1S/C28H28N4O4/c1-18-8-11-21(12-9-18)32-17-23(27(31-32)20-6-5-7-22(15-20)35-3)28(34)29-16-26(33)30-24-14-19(2)10-13-25(24)36-4/h5-15,17H,16H2,1-4H3,(H,29,34)(H,30,33). The maximum atomic E-state index is 13.2. The van der Waals surface area contributed by atoms with Gasteiger partial charge in [0, 0.05) is 11.8 Å². The topological polar surface area (TPSA) is 94.5 Å². The Morgan fingerprint density at radius 3 is 2.39 bits per heavy atom. The largest absolute Gasteiger partial charge is 0.497 e. The molecule has 0 aliphatic carbocycles. The molecule has 0 saturated heterocycles. The van der Waals surface area contributed by atoms with Crippen LogP contribution < -0.4 is 20.1 Å². The predicted octanol–water partition coefficient (Wildman–Crippen LogP) is 4.54. The van der Waals surface area contributed by atoms with Crippen LogP contribution in [0.5, 0.6) is 11.5 Å². The molecule has 184 valence electrons. The average Bonchev–Trinajstić information content (AvgIpc) is 3.33. The highest BCUT2D eigenvalue weighted by Crippen LogP contribution is 2.27. The summed E-state index contributed by atoms with van der Waals surface area (Å²) in [5.41, 5.74) is 4.99. The molecule has 2 amide bonds. The Hall–Kier alpha value is -4.59. The second-order valence-corrected chi connectivity index (χ2v) is 8.34. The van der Waals surface area contributed by atoms with Gasteiger partial charge in [-0.25, -0.2) is 4.68 Å². The first-order chi connectivity index (χ1) is 17.4. The Balaban J connectivity index is 1.58. The highest BCUT2D eigenvalue weighted by molar-refractivity contribution is 6.03. The van der Waals surface area contributed by atoms with E-state index in [9.17, 15) is 9.59 Å². The van der Waals surface area contributed by atoms with E-state index < -0.39 is 5.91 Å². The van der Waals surface area contributed by atoms with E-state index in [1.54, 1.807) is 24.1 Å². The van der Waals surface area contributed by atoms with Crippen molar-refractivity contribution in [2.75, 3.05) is 26.1 Å². The van der Waals surface area contributed by atoms with E-state index in [0.29, 0.717) is 28.4 Å². The third-order valence-corrected chi connectivity index (χ3v) is 5.64. The van der Waals surface area contributed by atoms with Gasteiger partial charge in [-0.2, -0.15) is 5.10 Å². The molecule has 0 bridgehead atoms. The first kappa shape index (κ1) is 24.5. The molecule has 0 atom stereocenters. The van der Waals surface area contributed by atoms with Gasteiger partial charge >= 0.3 is 0 Å². The lowest BCUT2D eigenvalue weighted by atomic mass is 10.1. The molecule has 0 unspecified atom stereocenters. The molecule has 3 aromatic carbocycles. The fourth-order valence-corrected chi connectivity index (χ4v) is 3.72. The first-order valence-electron chi connectivity index (χ1n) is 11.4. The van der Waals surface area contributed by atoms with Crippen molar-refractivity contribution in [3.05, 3.63) is 89.6 Å². The van der Waals surface area contributed by atoms with Crippen molar-refractivity contribution in [3.8, 4) is 28.4 Å². The molecule has 8 nitrogen and oxygen atoms in total. The summed E-state index contributed by atoms with van der Waals surface area (Å²) in [4.78, 5) is 25.8. The van der Waals surface area contributed by atoms with Gasteiger partial charge in [0.2, 0.25) is 5.91 Å². The maximum Gasteiger partial charge on any atom is 0.255 e. The zero-order chi connectivity index (χ0) is 25.7. The van der Waals surface area contributed by atoms with Gasteiger partial charge in [0.25, 0.3) is 5.91 Å². The van der Waals surface area contributed by atoms with Gasteiger partial charge < -0.3 is 20.1 Å². The first-order valence-corrected chi connectivity index (χ1v) is 11.4. The molecule has 0 spiro atoms. The Bertz CT molecular complexity index is 1390. The highest BCUT2D eigenvalue weighted by Gasteiger charge is 2.20. The Kier molecular flexibility index (Phi) is 7.34. The van der Waals surface area contributed by atoms with Crippen molar-refractivity contribution >= 4 is 17.5 Å². The number of methoxy groups -OCH3 is 2. The minimum Gasteiger partial charge on any atom is -0.497 e. The van der Waals surface area contributed by atoms with Crippen LogP contribution in [0.1, 0.15) is 21.5 Å². The van der Waals surface area contributed by atoms with Crippen LogP contribution in [0.2, 0.25) is 0 Å². The minimum atomic E-state index is -0.419. The number of carbonyl (C=O) groups is 2. The minimum absolute atomic E-state index is 0.219. The van der Waals surface area contributed by atoms with Crippen LogP contribution in [0.3, 0.4) is 0 Å². The molecule has 4 rings (SSSR count). The molecule has 0 fully saturated rings. The third kappa shape index (κ3) is 5.55. The van der Waals surface area contributed by atoms with E-state index in [0.717, 1.165) is 22.4 Å². The smallest absolute Gasteiger partial charge is 0.255 e. The van der Waals surface area contributed by atoms with Crippen molar-refractivity contribution in [2.45, 2.75) is 13.8 Å². The highest BCUT2D eigenvalue weighted by atomic mass is 16.5. The third-order valence-electron chi connectivity index (χ3n) is 5.64. The number of hydrogen-bond acceptors (Lipinski definition) is 5. The summed E-state index contributed by atoms with van der Waals surface area (Å²) in [5.74, 6) is 0.397. The van der Waals surface area contributed by atoms with Crippen LogP contribution in [0.25, 0.3) is 16.9 Å². The Morgan fingerprint density at radius 2 is 1.67 bits per heavy atom. The lowest BCUT2D eigenvalue weighted by molar-refractivity contribution is -0.115. The molecule has 36 heavy (non-hydrogen) atoms. The van der Waals surface area contributed by atoms with Crippen molar-refractivity contribution < 1.29 is 19.1 Å². The van der Waals surface area contributed by atoms with E-state index in [-0.39, 0.29) is 12.5 Å². The van der Waals surface area contributed by atoms with E-state index in [1.165, 1.54) is 7.11 Å². The molecular weight excluding hydrogens is 456 g/mol. The number of anilines is 1. The van der Waals surface area contributed by atoms with Gasteiger partial charge in [0.15, 0.2) is 0 Å². The predicted molar refractivity (Wildman–Crippen MR) is 139 cm³/mol. The van der Waals surface area contributed by atoms with Gasteiger partial charge in [0.1, 0.15) is 17.2 Å².